The Morgan fingerprint density at radius 1 is 1.30 bits per heavy atom. The molecule has 0 atom stereocenters. The Labute approximate surface area is 132 Å². The molecule has 0 saturated heterocycles. The number of fused-ring (bicyclic) bond motifs is 1. The molecule has 1 aliphatic carbocycles. The highest BCUT2D eigenvalue weighted by Crippen LogP contribution is 2.28. The number of imidazole rings is 1. The first kappa shape index (κ1) is 14.3. The molecule has 0 unspecified atom stereocenters. The Bertz CT molecular complexity index is 590. The van der Waals surface area contributed by atoms with Crippen molar-refractivity contribution in [2.45, 2.75) is 50.9 Å². The largest absolute Gasteiger partial charge is 0.312 e. The van der Waals surface area contributed by atoms with Crippen molar-refractivity contribution < 1.29 is 0 Å². The Morgan fingerprint density at radius 2 is 2.10 bits per heavy atom. The highest BCUT2D eigenvalue weighted by Gasteiger charge is 2.16. The zero-order valence-corrected chi connectivity index (χ0v) is 13.8. The van der Waals surface area contributed by atoms with E-state index in [2.05, 4.69) is 30.5 Å². The summed E-state index contributed by atoms with van der Waals surface area (Å²) in [6.45, 7) is 0.984. The molecule has 3 nitrogen and oxygen atoms in total. The average Bonchev–Trinajstić information content (AvgIpc) is 2.83. The number of aromatic nitrogens is 3. The SMILES string of the molecule is ClCc1nc2cc(Br)cnc2n1CCC1CCCCC1. The van der Waals surface area contributed by atoms with Crippen molar-refractivity contribution >= 4 is 38.7 Å². The monoisotopic (exact) mass is 355 g/mol. The van der Waals surface area contributed by atoms with Gasteiger partial charge in [-0.15, -0.1) is 11.6 Å². The van der Waals surface area contributed by atoms with Crippen LogP contribution in [0.3, 0.4) is 0 Å². The van der Waals surface area contributed by atoms with Gasteiger partial charge in [0.2, 0.25) is 0 Å². The van der Waals surface area contributed by atoms with Gasteiger partial charge in [-0.05, 0) is 34.3 Å². The molecule has 1 aliphatic rings. The van der Waals surface area contributed by atoms with Crippen molar-refractivity contribution in [2.75, 3.05) is 0 Å². The number of halogens is 2. The zero-order chi connectivity index (χ0) is 13.9. The van der Waals surface area contributed by atoms with Crippen LogP contribution in [0, 0.1) is 5.92 Å². The summed E-state index contributed by atoms with van der Waals surface area (Å²) in [5, 5.41) is 0. The minimum atomic E-state index is 0.443. The zero-order valence-electron chi connectivity index (χ0n) is 11.5. The summed E-state index contributed by atoms with van der Waals surface area (Å²) in [6.07, 6.45) is 9.99. The summed E-state index contributed by atoms with van der Waals surface area (Å²) in [4.78, 5) is 9.10. The number of nitrogens with zero attached hydrogens (tertiary/aromatic N) is 3. The Kier molecular flexibility index (Phi) is 4.61. The molecule has 0 N–H and O–H groups in total. The van der Waals surface area contributed by atoms with E-state index in [4.69, 9.17) is 11.6 Å². The molecular formula is C15H19BrClN3. The summed E-state index contributed by atoms with van der Waals surface area (Å²) >= 11 is 9.49. The van der Waals surface area contributed by atoms with Crippen LogP contribution in [0.25, 0.3) is 11.2 Å². The first-order chi connectivity index (χ1) is 9.78. The van der Waals surface area contributed by atoms with Gasteiger partial charge in [0.1, 0.15) is 11.3 Å². The minimum absolute atomic E-state index is 0.443. The lowest BCUT2D eigenvalue weighted by atomic mass is 9.87. The second-order valence-corrected chi connectivity index (χ2v) is 6.79. The lowest BCUT2D eigenvalue weighted by Crippen LogP contribution is -2.11. The van der Waals surface area contributed by atoms with Crippen molar-refractivity contribution in [1.29, 1.82) is 0 Å². The van der Waals surface area contributed by atoms with E-state index in [0.717, 1.165) is 33.9 Å². The Hall–Kier alpha value is -0.610. The maximum Gasteiger partial charge on any atom is 0.160 e. The third-order valence-electron chi connectivity index (χ3n) is 4.24. The molecule has 20 heavy (non-hydrogen) atoms. The van der Waals surface area contributed by atoms with E-state index < -0.39 is 0 Å². The summed E-state index contributed by atoms with van der Waals surface area (Å²) in [7, 11) is 0. The number of aryl methyl sites for hydroxylation is 1. The molecule has 2 heterocycles. The van der Waals surface area contributed by atoms with Gasteiger partial charge in [-0.3, -0.25) is 0 Å². The van der Waals surface area contributed by atoms with E-state index in [-0.39, 0.29) is 0 Å². The highest BCUT2D eigenvalue weighted by atomic mass is 79.9. The molecule has 1 saturated carbocycles. The van der Waals surface area contributed by atoms with Crippen LogP contribution >= 0.6 is 27.5 Å². The molecule has 2 aromatic rings. The van der Waals surface area contributed by atoms with E-state index >= 15 is 0 Å². The van der Waals surface area contributed by atoms with Gasteiger partial charge in [-0.2, -0.15) is 0 Å². The Balaban J connectivity index is 1.81. The first-order valence-corrected chi connectivity index (χ1v) is 8.67. The van der Waals surface area contributed by atoms with Crippen molar-refractivity contribution in [1.82, 2.24) is 14.5 Å². The van der Waals surface area contributed by atoms with Crippen LogP contribution in [0.2, 0.25) is 0 Å². The number of hydrogen-bond donors (Lipinski definition) is 0. The standard InChI is InChI=1S/C15H19BrClN3/c16-12-8-13-15(18-10-12)20(14(9-17)19-13)7-6-11-4-2-1-3-5-11/h8,10-11H,1-7,9H2. The van der Waals surface area contributed by atoms with E-state index in [1.165, 1.54) is 38.5 Å². The van der Waals surface area contributed by atoms with Crippen LogP contribution in [0.5, 0.6) is 0 Å². The van der Waals surface area contributed by atoms with Gasteiger partial charge >= 0.3 is 0 Å². The number of rotatable bonds is 4. The van der Waals surface area contributed by atoms with Crippen LogP contribution in [0.15, 0.2) is 16.7 Å². The average molecular weight is 357 g/mol. The Morgan fingerprint density at radius 3 is 2.85 bits per heavy atom. The predicted octanol–water partition coefficient (Wildman–Crippen LogP) is 4.90. The van der Waals surface area contributed by atoms with E-state index in [1.54, 1.807) is 0 Å². The molecule has 108 valence electrons. The maximum atomic E-state index is 6.04. The van der Waals surface area contributed by atoms with Gasteiger partial charge in [-0.25, -0.2) is 9.97 Å². The van der Waals surface area contributed by atoms with Gasteiger partial charge in [0.25, 0.3) is 0 Å². The van der Waals surface area contributed by atoms with E-state index in [0.29, 0.717) is 5.88 Å². The summed E-state index contributed by atoms with van der Waals surface area (Å²) < 4.78 is 3.16. The quantitative estimate of drug-likeness (QED) is 0.729. The molecule has 0 radical (unpaired) electrons. The van der Waals surface area contributed by atoms with Crippen molar-refractivity contribution in [3.8, 4) is 0 Å². The molecule has 0 amide bonds. The maximum absolute atomic E-state index is 6.04. The molecule has 0 bridgehead atoms. The summed E-state index contributed by atoms with van der Waals surface area (Å²) in [6, 6.07) is 2.01. The lowest BCUT2D eigenvalue weighted by Gasteiger charge is -2.21. The smallest absolute Gasteiger partial charge is 0.160 e. The molecule has 0 aliphatic heterocycles. The molecule has 0 aromatic carbocycles. The van der Waals surface area contributed by atoms with Crippen LogP contribution in [0.4, 0.5) is 0 Å². The number of alkyl halides is 1. The van der Waals surface area contributed by atoms with Crippen molar-refractivity contribution in [2.24, 2.45) is 5.92 Å². The fraction of sp³-hybridized carbons (Fsp3) is 0.600. The minimum Gasteiger partial charge on any atom is -0.312 e. The van der Waals surface area contributed by atoms with Gasteiger partial charge in [0.05, 0.1) is 5.88 Å². The molecule has 5 heteroatoms. The fourth-order valence-electron chi connectivity index (χ4n) is 3.16. The highest BCUT2D eigenvalue weighted by molar-refractivity contribution is 9.10. The second-order valence-electron chi connectivity index (χ2n) is 5.60. The number of pyridine rings is 1. The normalized spacial score (nSPS) is 16.9. The van der Waals surface area contributed by atoms with E-state index in [9.17, 15) is 0 Å². The van der Waals surface area contributed by atoms with Crippen molar-refractivity contribution in [3.05, 3.63) is 22.6 Å². The summed E-state index contributed by atoms with van der Waals surface area (Å²) in [5.74, 6) is 2.24. The number of hydrogen-bond acceptors (Lipinski definition) is 2. The van der Waals surface area contributed by atoms with Gasteiger partial charge < -0.3 is 4.57 Å². The molecule has 0 spiro atoms. The van der Waals surface area contributed by atoms with Gasteiger partial charge in [0.15, 0.2) is 5.65 Å². The van der Waals surface area contributed by atoms with Crippen LogP contribution in [0.1, 0.15) is 44.3 Å². The molecule has 3 rings (SSSR count). The lowest BCUT2D eigenvalue weighted by molar-refractivity contribution is 0.324. The van der Waals surface area contributed by atoms with Crippen LogP contribution < -0.4 is 0 Å². The topological polar surface area (TPSA) is 30.7 Å². The third-order valence-corrected chi connectivity index (χ3v) is 4.91. The fourth-order valence-corrected chi connectivity index (χ4v) is 3.68. The third kappa shape index (κ3) is 3.01. The van der Waals surface area contributed by atoms with Gasteiger partial charge in [-0.1, -0.05) is 32.1 Å². The van der Waals surface area contributed by atoms with E-state index in [1.807, 2.05) is 12.3 Å². The second kappa shape index (κ2) is 6.44. The van der Waals surface area contributed by atoms with Crippen molar-refractivity contribution in [3.63, 3.8) is 0 Å². The molecule has 1 fully saturated rings. The van der Waals surface area contributed by atoms with Gasteiger partial charge in [0, 0.05) is 17.2 Å². The predicted molar refractivity (Wildman–Crippen MR) is 86.0 cm³/mol. The molecule has 2 aromatic heterocycles. The first-order valence-electron chi connectivity index (χ1n) is 7.34. The summed E-state index contributed by atoms with van der Waals surface area (Å²) in [5.41, 5.74) is 1.89. The molecular weight excluding hydrogens is 338 g/mol. The van der Waals surface area contributed by atoms with Crippen LogP contribution in [-0.2, 0) is 12.4 Å². The van der Waals surface area contributed by atoms with Crippen LogP contribution in [-0.4, -0.2) is 14.5 Å².